The summed E-state index contributed by atoms with van der Waals surface area (Å²) in [5, 5.41) is 2.95. The highest BCUT2D eigenvalue weighted by Crippen LogP contribution is 2.32. The fraction of sp³-hybridized carbons (Fsp3) is 0.500. The largest absolute Gasteiger partial charge is 0.441 e. The van der Waals surface area contributed by atoms with Crippen LogP contribution >= 0.6 is 11.8 Å². The van der Waals surface area contributed by atoms with E-state index >= 15 is 0 Å². The van der Waals surface area contributed by atoms with Crippen molar-refractivity contribution in [2.45, 2.75) is 25.7 Å². The first kappa shape index (κ1) is 14.4. The Morgan fingerprint density at radius 3 is 3.05 bits per heavy atom. The number of amides is 1. The van der Waals surface area contributed by atoms with Crippen LogP contribution in [0, 0.1) is 5.92 Å². The molecule has 1 heterocycles. The van der Waals surface area contributed by atoms with Crippen molar-refractivity contribution < 1.29 is 9.21 Å². The van der Waals surface area contributed by atoms with Gasteiger partial charge in [0, 0.05) is 13.0 Å². The molecular formula is C16H20N2O2S. The monoisotopic (exact) mass is 304 g/mol. The van der Waals surface area contributed by atoms with E-state index in [1.807, 2.05) is 24.3 Å². The lowest BCUT2D eigenvalue weighted by atomic mass is 10.3. The molecule has 1 aromatic heterocycles. The number of thioether (sulfide) groups is 1. The smallest absolute Gasteiger partial charge is 0.229 e. The molecule has 3 rings (SSSR count). The van der Waals surface area contributed by atoms with E-state index in [1.165, 1.54) is 12.8 Å². The molecule has 0 bridgehead atoms. The third-order valence-corrected chi connectivity index (χ3v) is 4.68. The number of hydrogen-bond donors (Lipinski definition) is 1. The first-order chi connectivity index (χ1) is 10.3. The Hall–Kier alpha value is -1.49. The Bertz CT molecular complexity index is 574. The number of carbonyl (C=O) groups is 1. The summed E-state index contributed by atoms with van der Waals surface area (Å²) < 4.78 is 5.65. The number of hydrogen-bond acceptors (Lipinski definition) is 4. The van der Waals surface area contributed by atoms with Crippen molar-refractivity contribution >= 4 is 28.8 Å². The lowest BCUT2D eigenvalue weighted by molar-refractivity contribution is -0.118. The van der Waals surface area contributed by atoms with Crippen molar-refractivity contribution in [2.24, 2.45) is 5.92 Å². The van der Waals surface area contributed by atoms with Gasteiger partial charge in [-0.3, -0.25) is 4.79 Å². The summed E-state index contributed by atoms with van der Waals surface area (Å²) in [7, 11) is 0. The Kier molecular flexibility index (Phi) is 4.80. The van der Waals surface area contributed by atoms with E-state index in [9.17, 15) is 4.79 Å². The van der Waals surface area contributed by atoms with Crippen LogP contribution in [-0.2, 0) is 11.2 Å². The first-order valence-corrected chi connectivity index (χ1v) is 8.65. The second-order valence-electron chi connectivity index (χ2n) is 5.49. The number of aromatic nitrogens is 1. The van der Waals surface area contributed by atoms with Gasteiger partial charge < -0.3 is 9.73 Å². The number of rotatable bonds is 8. The third kappa shape index (κ3) is 4.49. The van der Waals surface area contributed by atoms with Crippen molar-refractivity contribution in [1.82, 2.24) is 10.3 Å². The van der Waals surface area contributed by atoms with Gasteiger partial charge in [-0.05, 0) is 43.1 Å². The minimum absolute atomic E-state index is 0.137. The van der Waals surface area contributed by atoms with E-state index in [0.29, 0.717) is 12.3 Å². The molecular weight excluding hydrogens is 284 g/mol. The molecule has 4 nitrogen and oxygen atoms in total. The van der Waals surface area contributed by atoms with Crippen LogP contribution in [0.3, 0.4) is 0 Å². The fourth-order valence-corrected chi connectivity index (χ4v) is 3.22. The fourth-order valence-electron chi connectivity index (χ4n) is 2.15. The zero-order chi connectivity index (χ0) is 14.5. The van der Waals surface area contributed by atoms with Crippen molar-refractivity contribution in [3.8, 4) is 0 Å². The van der Waals surface area contributed by atoms with Crippen molar-refractivity contribution in [1.29, 1.82) is 0 Å². The standard InChI is InChI=1S/C16H20N2O2S/c19-15(11-21-10-12-7-8-12)17-9-3-6-16-18-13-4-1-2-5-14(13)20-16/h1-2,4-5,12H,3,6-11H2,(H,17,19). The quantitative estimate of drug-likeness (QED) is 0.762. The molecule has 1 aliphatic rings. The lowest BCUT2D eigenvalue weighted by Crippen LogP contribution is -2.26. The average molecular weight is 304 g/mol. The summed E-state index contributed by atoms with van der Waals surface area (Å²) in [5.74, 6) is 3.48. The molecule has 1 aromatic carbocycles. The molecule has 21 heavy (non-hydrogen) atoms. The maximum Gasteiger partial charge on any atom is 0.229 e. The molecule has 2 aromatic rings. The minimum Gasteiger partial charge on any atom is -0.441 e. The van der Waals surface area contributed by atoms with Gasteiger partial charge in [0.05, 0.1) is 5.75 Å². The number of nitrogens with zero attached hydrogens (tertiary/aromatic N) is 1. The number of para-hydroxylation sites is 2. The highest BCUT2D eigenvalue weighted by molar-refractivity contribution is 7.99. The van der Waals surface area contributed by atoms with E-state index in [2.05, 4.69) is 10.3 Å². The summed E-state index contributed by atoms with van der Waals surface area (Å²) in [6.45, 7) is 0.682. The molecule has 0 unspecified atom stereocenters. The minimum atomic E-state index is 0.137. The molecule has 0 spiro atoms. The van der Waals surface area contributed by atoms with Gasteiger partial charge in [-0.2, -0.15) is 11.8 Å². The van der Waals surface area contributed by atoms with Crippen LogP contribution in [0.4, 0.5) is 0 Å². The number of oxazole rings is 1. The van der Waals surface area contributed by atoms with Gasteiger partial charge in [-0.15, -0.1) is 0 Å². The number of nitrogens with one attached hydrogen (secondary N) is 1. The average Bonchev–Trinajstić information content (AvgIpc) is 3.21. The van der Waals surface area contributed by atoms with Crippen LogP contribution in [0.1, 0.15) is 25.2 Å². The van der Waals surface area contributed by atoms with Crippen LogP contribution in [0.5, 0.6) is 0 Å². The van der Waals surface area contributed by atoms with Crippen LogP contribution in [0.25, 0.3) is 11.1 Å². The van der Waals surface area contributed by atoms with Crippen LogP contribution in [-0.4, -0.2) is 28.9 Å². The van der Waals surface area contributed by atoms with Crippen LogP contribution in [0.2, 0.25) is 0 Å². The van der Waals surface area contributed by atoms with Crippen molar-refractivity contribution in [2.75, 3.05) is 18.1 Å². The number of carbonyl (C=O) groups excluding carboxylic acids is 1. The van der Waals surface area contributed by atoms with E-state index in [0.717, 1.165) is 41.5 Å². The molecule has 1 saturated carbocycles. The predicted octanol–water partition coefficient (Wildman–Crippen LogP) is 3.02. The summed E-state index contributed by atoms with van der Waals surface area (Å²) in [6, 6.07) is 7.76. The highest BCUT2D eigenvalue weighted by atomic mass is 32.2. The lowest BCUT2D eigenvalue weighted by Gasteiger charge is -2.03. The molecule has 1 amide bonds. The van der Waals surface area contributed by atoms with Crippen LogP contribution < -0.4 is 5.32 Å². The van der Waals surface area contributed by atoms with Gasteiger partial charge in [0.2, 0.25) is 5.91 Å². The normalized spacial score (nSPS) is 14.5. The first-order valence-electron chi connectivity index (χ1n) is 7.50. The molecule has 0 atom stereocenters. The van der Waals surface area contributed by atoms with Gasteiger partial charge >= 0.3 is 0 Å². The van der Waals surface area contributed by atoms with Gasteiger partial charge in [0.1, 0.15) is 5.52 Å². The zero-order valence-corrected chi connectivity index (χ0v) is 12.8. The molecule has 1 fully saturated rings. The van der Waals surface area contributed by atoms with Gasteiger partial charge in [0.15, 0.2) is 11.5 Å². The Balaban J connectivity index is 1.32. The maximum absolute atomic E-state index is 11.6. The molecule has 5 heteroatoms. The summed E-state index contributed by atoms with van der Waals surface area (Å²) in [6.07, 6.45) is 4.30. The van der Waals surface area contributed by atoms with E-state index in [4.69, 9.17) is 4.42 Å². The molecule has 1 aliphatic carbocycles. The van der Waals surface area contributed by atoms with Gasteiger partial charge in [-0.1, -0.05) is 12.1 Å². The van der Waals surface area contributed by atoms with E-state index in [-0.39, 0.29) is 5.91 Å². The molecule has 0 saturated heterocycles. The van der Waals surface area contributed by atoms with Crippen molar-refractivity contribution in [3.63, 3.8) is 0 Å². The number of aryl methyl sites for hydroxylation is 1. The second-order valence-corrected chi connectivity index (χ2v) is 6.52. The molecule has 0 radical (unpaired) electrons. The highest BCUT2D eigenvalue weighted by Gasteiger charge is 2.21. The Labute approximate surface area is 128 Å². The van der Waals surface area contributed by atoms with E-state index < -0.39 is 0 Å². The maximum atomic E-state index is 11.6. The summed E-state index contributed by atoms with van der Waals surface area (Å²) >= 11 is 1.75. The van der Waals surface area contributed by atoms with E-state index in [1.54, 1.807) is 11.8 Å². The zero-order valence-electron chi connectivity index (χ0n) is 12.0. The summed E-state index contributed by atoms with van der Waals surface area (Å²) in [5.41, 5.74) is 1.72. The number of benzene rings is 1. The Morgan fingerprint density at radius 1 is 1.38 bits per heavy atom. The van der Waals surface area contributed by atoms with Gasteiger partial charge in [0.25, 0.3) is 0 Å². The SMILES string of the molecule is O=C(CSCC1CC1)NCCCc1nc2ccccc2o1. The summed E-state index contributed by atoms with van der Waals surface area (Å²) in [4.78, 5) is 16.0. The number of fused-ring (bicyclic) bond motifs is 1. The molecule has 0 aliphatic heterocycles. The van der Waals surface area contributed by atoms with Gasteiger partial charge in [-0.25, -0.2) is 4.98 Å². The van der Waals surface area contributed by atoms with Crippen molar-refractivity contribution in [3.05, 3.63) is 30.2 Å². The predicted molar refractivity (Wildman–Crippen MR) is 85.4 cm³/mol. The third-order valence-electron chi connectivity index (χ3n) is 3.51. The Morgan fingerprint density at radius 2 is 2.24 bits per heavy atom. The molecule has 112 valence electrons. The molecule has 1 N–H and O–H groups in total. The van der Waals surface area contributed by atoms with Crippen LogP contribution in [0.15, 0.2) is 28.7 Å². The second kappa shape index (κ2) is 6.98. The topological polar surface area (TPSA) is 55.1 Å².